The first-order valence-electron chi connectivity index (χ1n) is 5.07. The maximum absolute atomic E-state index is 11.8. The average Bonchev–Trinajstić information content (AvgIpc) is 2.24. The third kappa shape index (κ3) is 1.87. The van der Waals surface area contributed by atoms with E-state index in [1.54, 1.807) is 6.08 Å². The fourth-order valence-corrected chi connectivity index (χ4v) is 2.01. The third-order valence-corrected chi connectivity index (χ3v) is 2.86. The van der Waals surface area contributed by atoms with Crippen LogP contribution in [-0.2, 0) is 14.3 Å². The molecule has 82 valence electrons. The van der Waals surface area contributed by atoms with Crippen LogP contribution in [0.15, 0.2) is 24.3 Å². The number of ether oxygens (including phenoxy) is 1. The van der Waals surface area contributed by atoms with Gasteiger partial charge in [-0.25, -0.2) is 0 Å². The van der Waals surface area contributed by atoms with E-state index in [4.69, 9.17) is 4.74 Å². The topological polar surface area (TPSA) is 43.4 Å². The van der Waals surface area contributed by atoms with Crippen LogP contribution in [0, 0.1) is 5.41 Å². The largest absolute Gasteiger partial charge is 0.468 e. The summed E-state index contributed by atoms with van der Waals surface area (Å²) in [6.07, 6.45) is 5.13. The molecule has 0 heterocycles. The molecule has 0 N–H and O–H groups in total. The van der Waals surface area contributed by atoms with Crippen molar-refractivity contribution in [3.63, 3.8) is 0 Å². The predicted molar refractivity (Wildman–Crippen MR) is 57.3 cm³/mol. The Bertz CT molecular complexity index is 328. The first-order valence-corrected chi connectivity index (χ1v) is 5.07. The summed E-state index contributed by atoms with van der Waals surface area (Å²) in [5, 5.41) is 0. The zero-order valence-corrected chi connectivity index (χ0v) is 9.21. The minimum atomic E-state index is -0.824. The van der Waals surface area contributed by atoms with Crippen molar-refractivity contribution in [1.82, 2.24) is 0 Å². The molecule has 3 heteroatoms. The molecule has 1 aliphatic carbocycles. The van der Waals surface area contributed by atoms with Gasteiger partial charge in [0.2, 0.25) is 0 Å². The number of rotatable bonds is 3. The van der Waals surface area contributed by atoms with Crippen molar-refractivity contribution in [3.05, 3.63) is 24.3 Å². The lowest BCUT2D eigenvalue weighted by Gasteiger charge is -2.32. The monoisotopic (exact) mass is 208 g/mol. The van der Waals surface area contributed by atoms with Crippen molar-refractivity contribution in [1.29, 1.82) is 0 Å². The first-order chi connectivity index (χ1) is 7.08. The van der Waals surface area contributed by atoms with Crippen LogP contribution < -0.4 is 0 Å². The van der Waals surface area contributed by atoms with Gasteiger partial charge in [-0.2, -0.15) is 0 Å². The second-order valence-corrected chi connectivity index (χ2v) is 3.77. The normalized spacial score (nSPS) is 25.5. The molecule has 0 spiro atoms. The van der Waals surface area contributed by atoms with Crippen LogP contribution in [0.5, 0.6) is 0 Å². The maximum atomic E-state index is 11.8. The van der Waals surface area contributed by atoms with Crippen LogP contribution in [0.25, 0.3) is 0 Å². The van der Waals surface area contributed by atoms with E-state index < -0.39 is 5.41 Å². The SMILES string of the molecule is C=C1C(=O)C=CC[C@@]1(CCC)C(=O)OC. The molecule has 0 aliphatic heterocycles. The van der Waals surface area contributed by atoms with E-state index in [-0.39, 0.29) is 11.8 Å². The predicted octanol–water partition coefficient (Wildman–Crippen LogP) is 2.03. The van der Waals surface area contributed by atoms with E-state index in [0.717, 1.165) is 6.42 Å². The molecule has 0 unspecified atom stereocenters. The van der Waals surface area contributed by atoms with Gasteiger partial charge in [0, 0.05) is 5.57 Å². The molecule has 0 amide bonds. The lowest BCUT2D eigenvalue weighted by Crippen LogP contribution is -2.38. The highest BCUT2D eigenvalue weighted by Crippen LogP contribution is 2.40. The molecule has 0 radical (unpaired) electrons. The van der Waals surface area contributed by atoms with Gasteiger partial charge in [0.05, 0.1) is 12.5 Å². The Balaban J connectivity index is 3.10. The lowest BCUT2D eigenvalue weighted by molar-refractivity contribution is -0.151. The van der Waals surface area contributed by atoms with Gasteiger partial charge < -0.3 is 4.74 Å². The fraction of sp³-hybridized carbons (Fsp3) is 0.500. The molecule has 1 atom stereocenters. The van der Waals surface area contributed by atoms with Crippen molar-refractivity contribution >= 4 is 11.8 Å². The van der Waals surface area contributed by atoms with Crippen LogP contribution in [0.1, 0.15) is 26.2 Å². The van der Waals surface area contributed by atoms with Gasteiger partial charge in [0.15, 0.2) is 5.78 Å². The summed E-state index contributed by atoms with van der Waals surface area (Å²) in [7, 11) is 1.34. The Morgan fingerprint density at radius 1 is 1.67 bits per heavy atom. The van der Waals surface area contributed by atoms with Gasteiger partial charge in [-0.3, -0.25) is 9.59 Å². The highest BCUT2D eigenvalue weighted by atomic mass is 16.5. The van der Waals surface area contributed by atoms with Crippen molar-refractivity contribution in [2.45, 2.75) is 26.2 Å². The summed E-state index contributed by atoms with van der Waals surface area (Å²) in [4.78, 5) is 23.3. The van der Waals surface area contributed by atoms with Crippen molar-refractivity contribution in [2.24, 2.45) is 5.41 Å². The zero-order valence-electron chi connectivity index (χ0n) is 9.21. The molecular weight excluding hydrogens is 192 g/mol. The van der Waals surface area contributed by atoms with Crippen LogP contribution in [0.3, 0.4) is 0 Å². The summed E-state index contributed by atoms with van der Waals surface area (Å²) in [5.41, 5.74) is -0.464. The highest BCUT2D eigenvalue weighted by molar-refractivity contribution is 6.09. The first kappa shape index (κ1) is 11.7. The molecule has 0 aromatic rings. The summed E-state index contributed by atoms with van der Waals surface area (Å²) >= 11 is 0. The van der Waals surface area contributed by atoms with Crippen LogP contribution in [0.2, 0.25) is 0 Å². The minimum absolute atomic E-state index is 0.167. The number of hydrogen-bond donors (Lipinski definition) is 0. The van der Waals surface area contributed by atoms with Gasteiger partial charge in [0.25, 0.3) is 0 Å². The van der Waals surface area contributed by atoms with Gasteiger partial charge >= 0.3 is 5.97 Å². The number of carbonyl (C=O) groups excluding carboxylic acids is 2. The Morgan fingerprint density at radius 2 is 2.33 bits per heavy atom. The molecule has 0 saturated carbocycles. The quantitative estimate of drug-likeness (QED) is 0.526. The second-order valence-electron chi connectivity index (χ2n) is 3.77. The van der Waals surface area contributed by atoms with Gasteiger partial charge in [-0.15, -0.1) is 0 Å². The van der Waals surface area contributed by atoms with Gasteiger partial charge in [-0.05, 0) is 18.9 Å². The van der Waals surface area contributed by atoms with E-state index in [9.17, 15) is 9.59 Å². The number of allylic oxidation sites excluding steroid dienone is 2. The van der Waals surface area contributed by atoms with E-state index in [0.29, 0.717) is 18.4 Å². The fourth-order valence-electron chi connectivity index (χ4n) is 2.01. The molecule has 0 bridgehead atoms. The minimum Gasteiger partial charge on any atom is -0.468 e. The third-order valence-electron chi connectivity index (χ3n) is 2.86. The van der Waals surface area contributed by atoms with E-state index in [2.05, 4.69) is 6.58 Å². The van der Waals surface area contributed by atoms with E-state index in [1.165, 1.54) is 13.2 Å². The Morgan fingerprint density at radius 3 is 2.87 bits per heavy atom. The number of esters is 1. The summed E-state index contributed by atoms with van der Waals surface area (Å²) in [6, 6.07) is 0. The number of methoxy groups -OCH3 is 1. The summed E-state index contributed by atoms with van der Waals surface area (Å²) in [5.74, 6) is -0.521. The molecule has 3 nitrogen and oxygen atoms in total. The van der Waals surface area contributed by atoms with Crippen LogP contribution in [-0.4, -0.2) is 18.9 Å². The zero-order chi connectivity index (χ0) is 11.5. The second kappa shape index (κ2) is 4.43. The van der Waals surface area contributed by atoms with Gasteiger partial charge in [0.1, 0.15) is 0 Å². The Labute approximate surface area is 89.8 Å². The molecule has 0 fully saturated rings. The molecular formula is C12H16O3. The molecule has 1 rings (SSSR count). The molecule has 0 saturated heterocycles. The van der Waals surface area contributed by atoms with E-state index in [1.807, 2.05) is 6.92 Å². The van der Waals surface area contributed by atoms with Crippen molar-refractivity contribution in [2.75, 3.05) is 7.11 Å². The van der Waals surface area contributed by atoms with E-state index >= 15 is 0 Å². The number of hydrogen-bond acceptors (Lipinski definition) is 3. The van der Waals surface area contributed by atoms with Crippen LogP contribution in [0.4, 0.5) is 0 Å². The lowest BCUT2D eigenvalue weighted by atomic mass is 9.70. The van der Waals surface area contributed by atoms with Crippen molar-refractivity contribution < 1.29 is 14.3 Å². The standard InChI is InChI=1S/C12H16O3/c1-4-7-12(11(14)15-3)8-5-6-10(13)9(12)2/h5-6H,2,4,7-8H2,1,3H3/t12-/m1/s1. The number of carbonyl (C=O) groups is 2. The highest BCUT2D eigenvalue weighted by Gasteiger charge is 2.44. The maximum Gasteiger partial charge on any atom is 0.316 e. The van der Waals surface area contributed by atoms with Crippen molar-refractivity contribution in [3.8, 4) is 0 Å². The Kier molecular flexibility index (Phi) is 3.45. The molecule has 1 aliphatic rings. The van der Waals surface area contributed by atoms with Gasteiger partial charge in [-0.1, -0.05) is 26.0 Å². The summed E-state index contributed by atoms with van der Waals surface area (Å²) in [6.45, 7) is 5.71. The molecule has 0 aromatic carbocycles. The van der Waals surface area contributed by atoms with Crippen LogP contribution >= 0.6 is 0 Å². The summed E-state index contributed by atoms with van der Waals surface area (Å²) < 4.78 is 4.78. The molecule has 15 heavy (non-hydrogen) atoms. The molecule has 0 aromatic heterocycles. The number of ketones is 1. The Hall–Kier alpha value is -1.38. The smallest absolute Gasteiger partial charge is 0.316 e. The average molecular weight is 208 g/mol.